The molecule has 128 valence electrons. The lowest BCUT2D eigenvalue weighted by Gasteiger charge is -2.36. The van der Waals surface area contributed by atoms with Crippen molar-refractivity contribution in [3.63, 3.8) is 0 Å². The molecule has 1 aliphatic rings. The third kappa shape index (κ3) is 3.85. The van der Waals surface area contributed by atoms with Gasteiger partial charge in [0.25, 0.3) is 0 Å². The molecule has 0 saturated heterocycles. The van der Waals surface area contributed by atoms with E-state index >= 15 is 0 Å². The Bertz CT molecular complexity index is 645. The van der Waals surface area contributed by atoms with Crippen LogP contribution in [0.25, 0.3) is 0 Å². The largest absolute Gasteiger partial charge is 0.396 e. The highest BCUT2D eigenvalue weighted by Gasteiger charge is 2.35. The highest BCUT2D eigenvalue weighted by Crippen LogP contribution is 2.40. The van der Waals surface area contributed by atoms with Crippen molar-refractivity contribution in [1.82, 2.24) is 5.32 Å². The summed E-state index contributed by atoms with van der Waals surface area (Å²) in [7, 11) is 0. The van der Waals surface area contributed by atoms with E-state index in [0.717, 1.165) is 31.4 Å². The first-order chi connectivity index (χ1) is 11.8. The first-order valence-electron chi connectivity index (χ1n) is 8.93. The fraction of sp³-hybridized carbons (Fsp3) is 0.429. The summed E-state index contributed by atoms with van der Waals surface area (Å²) in [5.41, 5.74) is 2.82. The number of nitrogens with one attached hydrogen (secondary N) is 1. The van der Waals surface area contributed by atoms with E-state index in [2.05, 4.69) is 66.8 Å². The number of hydrogen-bond acceptors (Lipinski definition) is 3. The number of unbranched alkanes of at least 4 members (excludes halogenated alkanes) is 1. The molecule has 0 bridgehead atoms. The number of rotatable bonds is 6. The van der Waals surface area contributed by atoms with E-state index in [4.69, 9.17) is 5.11 Å². The van der Waals surface area contributed by atoms with Crippen molar-refractivity contribution in [3.8, 4) is 0 Å². The van der Waals surface area contributed by atoms with Gasteiger partial charge in [-0.2, -0.15) is 0 Å². The van der Waals surface area contributed by atoms with Gasteiger partial charge >= 0.3 is 0 Å². The predicted octanol–water partition coefficient (Wildman–Crippen LogP) is 4.78. The molecule has 0 radical (unpaired) electrons. The van der Waals surface area contributed by atoms with Crippen molar-refractivity contribution in [2.45, 2.75) is 49.1 Å². The first kappa shape index (κ1) is 17.5. The van der Waals surface area contributed by atoms with Crippen molar-refractivity contribution in [2.24, 2.45) is 0 Å². The summed E-state index contributed by atoms with van der Waals surface area (Å²) >= 11 is 1.97. The minimum Gasteiger partial charge on any atom is -0.396 e. The lowest BCUT2D eigenvalue weighted by Crippen LogP contribution is -2.48. The second-order valence-corrected chi connectivity index (χ2v) is 7.65. The number of benzene rings is 2. The van der Waals surface area contributed by atoms with Crippen LogP contribution in [0.2, 0.25) is 0 Å². The van der Waals surface area contributed by atoms with Gasteiger partial charge in [0.05, 0.1) is 6.04 Å². The topological polar surface area (TPSA) is 32.3 Å². The monoisotopic (exact) mass is 341 g/mol. The molecule has 1 heterocycles. The first-order valence-corrected chi connectivity index (χ1v) is 9.92. The minimum absolute atomic E-state index is 0.110. The molecule has 3 rings (SSSR count). The van der Waals surface area contributed by atoms with Gasteiger partial charge in [0.15, 0.2) is 0 Å². The van der Waals surface area contributed by atoms with Crippen LogP contribution in [-0.2, 0) is 0 Å². The van der Waals surface area contributed by atoms with Gasteiger partial charge in [-0.1, -0.05) is 55.5 Å². The van der Waals surface area contributed by atoms with E-state index in [0.29, 0.717) is 0 Å². The summed E-state index contributed by atoms with van der Waals surface area (Å²) < 4.78 is 0. The molecule has 2 unspecified atom stereocenters. The van der Waals surface area contributed by atoms with Crippen LogP contribution < -0.4 is 5.32 Å². The highest BCUT2D eigenvalue weighted by molar-refractivity contribution is 7.99. The standard InChI is InChI=1S/C21H27NOS/c1-2-21(14-8-9-15-23)16-24-19-13-7-6-12-18(19)20(22-21)17-10-4-3-5-11-17/h3-7,10-13,20,22-23H,2,8-9,14-16H2,1H3. The molecule has 24 heavy (non-hydrogen) atoms. The summed E-state index contributed by atoms with van der Waals surface area (Å²) in [6.07, 6.45) is 4.16. The van der Waals surface area contributed by atoms with Crippen LogP contribution in [0.3, 0.4) is 0 Å². The minimum atomic E-state index is 0.110. The summed E-state index contributed by atoms with van der Waals surface area (Å²) in [5.74, 6) is 1.08. The van der Waals surface area contributed by atoms with E-state index in [9.17, 15) is 0 Å². The zero-order valence-electron chi connectivity index (χ0n) is 14.4. The van der Waals surface area contributed by atoms with Crippen LogP contribution in [0.1, 0.15) is 49.8 Å². The average Bonchev–Trinajstić information content (AvgIpc) is 2.81. The Morgan fingerprint density at radius 3 is 2.58 bits per heavy atom. The zero-order valence-corrected chi connectivity index (χ0v) is 15.2. The Balaban J connectivity index is 1.95. The van der Waals surface area contributed by atoms with Gasteiger partial charge in [-0.25, -0.2) is 0 Å². The molecule has 0 amide bonds. The fourth-order valence-electron chi connectivity index (χ4n) is 3.50. The Labute approximate surface area is 149 Å². The summed E-state index contributed by atoms with van der Waals surface area (Å²) in [6.45, 7) is 2.57. The lowest BCUT2D eigenvalue weighted by atomic mass is 9.88. The van der Waals surface area contributed by atoms with Crippen LogP contribution in [0.4, 0.5) is 0 Å². The molecule has 2 aromatic carbocycles. The molecule has 2 aromatic rings. The van der Waals surface area contributed by atoms with E-state index in [1.54, 1.807) is 0 Å². The molecule has 0 fully saturated rings. The number of thioether (sulfide) groups is 1. The number of aliphatic hydroxyl groups excluding tert-OH is 1. The number of hydrogen-bond donors (Lipinski definition) is 2. The molecular formula is C21H27NOS. The van der Waals surface area contributed by atoms with E-state index < -0.39 is 0 Å². The van der Waals surface area contributed by atoms with Gasteiger partial charge in [-0.3, -0.25) is 5.32 Å². The maximum absolute atomic E-state index is 9.15. The average molecular weight is 342 g/mol. The van der Waals surface area contributed by atoms with E-state index in [-0.39, 0.29) is 18.2 Å². The maximum Gasteiger partial charge on any atom is 0.0592 e. The fourth-order valence-corrected chi connectivity index (χ4v) is 4.89. The molecular weight excluding hydrogens is 314 g/mol. The second-order valence-electron chi connectivity index (χ2n) is 6.63. The van der Waals surface area contributed by atoms with Crippen LogP contribution in [0.5, 0.6) is 0 Å². The molecule has 3 heteroatoms. The summed E-state index contributed by atoms with van der Waals surface area (Å²) in [4.78, 5) is 1.39. The van der Waals surface area contributed by atoms with Gasteiger partial charge < -0.3 is 5.11 Å². The van der Waals surface area contributed by atoms with Crippen LogP contribution in [0, 0.1) is 0 Å². The van der Waals surface area contributed by atoms with Crippen molar-refractivity contribution < 1.29 is 5.11 Å². The zero-order chi connectivity index (χ0) is 16.8. The lowest BCUT2D eigenvalue weighted by molar-refractivity contribution is 0.256. The summed E-state index contributed by atoms with van der Waals surface area (Å²) in [5, 5.41) is 13.2. The second kappa shape index (κ2) is 8.19. The molecule has 2 N–H and O–H groups in total. The molecule has 0 spiro atoms. The molecule has 2 atom stereocenters. The van der Waals surface area contributed by atoms with Crippen molar-refractivity contribution in [1.29, 1.82) is 0 Å². The molecule has 0 saturated carbocycles. The quantitative estimate of drug-likeness (QED) is 0.742. The Hall–Kier alpha value is -1.29. The predicted molar refractivity (Wildman–Crippen MR) is 103 cm³/mol. The Morgan fingerprint density at radius 1 is 1.08 bits per heavy atom. The molecule has 2 nitrogen and oxygen atoms in total. The van der Waals surface area contributed by atoms with Crippen molar-refractivity contribution in [3.05, 3.63) is 65.7 Å². The van der Waals surface area contributed by atoms with Crippen molar-refractivity contribution in [2.75, 3.05) is 12.4 Å². The number of aliphatic hydroxyl groups is 1. The van der Waals surface area contributed by atoms with E-state index in [1.165, 1.54) is 16.0 Å². The molecule has 0 aromatic heterocycles. The van der Waals surface area contributed by atoms with Crippen molar-refractivity contribution >= 4 is 11.8 Å². The normalized spacial score (nSPS) is 23.5. The van der Waals surface area contributed by atoms with Crippen LogP contribution in [-0.4, -0.2) is 23.0 Å². The van der Waals surface area contributed by atoms with E-state index in [1.807, 2.05) is 11.8 Å². The van der Waals surface area contributed by atoms with Gasteiger partial charge in [0, 0.05) is 22.8 Å². The van der Waals surface area contributed by atoms with Gasteiger partial charge in [-0.05, 0) is 42.9 Å². The maximum atomic E-state index is 9.15. The summed E-state index contributed by atoms with van der Waals surface area (Å²) in [6, 6.07) is 19.8. The molecule has 1 aliphatic heterocycles. The SMILES string of the molecule is CCC1(CCCCO)CSc2ccccc2C(c2ccccc2)N1. The molecule has 0 aliphatic carbocycles. The number of fused-ring (bicyclic) bond motifs is 1. The van der Waals surface area contributed by atoms with Crippen LogP contribution in [0.15, 0.2) is 59.5 Å². The van der Waals surface area contributed by atoms with Gasteiger partial charge in [-0.15, -0.1) is 11.8 Å². The van der Waals surface area contributed by atoms with Gasteiger partial charge in [0.2, 0.25) is 0 Å². The highest BCUT2D eigenvalue weighted by atomic mass is 32.2. The Morgan fingerprint density at radius 2 is 1.83 bits per heavy atom. The smallest absolute Gasteiger partial charge is 0.0592 e. The third-order valence-corrected chi connectivity index (χ3v) is 6.44. The third-order valence-electron chi connectivity index (χ3n) is 5.06. The van der Waals surface area contributed by atoms with Crippen LogP contribution >= 0.6 is 11.8 Å². The van der Waals surface area contributed by atoms with Gasteiger partial charge in [0.1, 0.15) is 0 Å². The Kier molecular flexibility index (Phi) is 5.99.